The van der Waals surface area contributed by atoms with Gasteiger partial charge in [0.25, 0.3) is 0 Å². The van der Waals surface area contributed by atoms with Crippen LogP contribution in [0.5, 0.6) is 0 Å². The third kappa shape index (κ3) is 6.20. The van der Waals surface area contributed by atoms with E-state index < -0.39 is 10.0 Å². The third-order valence-electron chi connectivity index (χ3n) is 4.35. The molecular weight excluding hydrogens is 420 g/mol. The van der Waals surface area contributed by atoms with Gasteiger partial charge in [-0.2, -0.15) is 9.41 Å². The molecule has 2 aromatic carbocycles. The van der Waals surface area contributed by atoms with Crippen LogP contribution in [-0.2, 0) is 14.8 Å². The summed E-state index contributed by atoms with van der Waals surface area (Å²) in [5.74, 6) is 0. The number of rotatable bonds is 6. The highest BCUT2D eigenvalue weighted by molar-refractivity contribution is 7.89. The van der Waals surface area contributed by atoms with Gasteiger partial charge in [-0.15, -0.1) is 0 Å². The highest BCUT2D eigenvalue weighted by atomic mass is 32.2. The van der Waals surface area contributed by atoms with Gasteiger partial charge in [-0.25, -0.2) is 8.42 Å². The Hall–Kier alpha value is -2.59. The van der Waals surface area contributed by atoms with Gasteiger partial charge in [0, 0.05) is 18.8 Å². The number of ether oxygens (including phenoxy) is 1. The summed E-state index contributed by atoms with van der Waals surface area (Å²) in [4.78, 5) is 0.244. The van der Waals surface area contributed by atoms with Crippen molar-refractivity contribution >= 4 is 45.3 Å². The van der Waals surface area contributed by atoms with Gasteiger partial charge in [-0.1, -0.05) is 36.4 Å². The van der Waals surface area contributed by atoms with E-state index in [1.54, 1.807) is 30.5 Å². The van der Waals surface area contributed by atoms with Gasteiger partial charge in [0.1, 0.15) is 0 Å². The van der Waals surface area contributed by atoms with Crippen molar-refractivity contribution in [3.8, 4) is 0 Å². The lowest BCUT2D eigenvalue weighted by atomic mass is 10.1. The van der Waals surface area contributed by atoms with E-state index in [4.69, 9.17) is 17.0 Å². The molecule has 1 saturated heterocycles. The van der Waals surface area contributed by atoms with Crippen LogP contribution < -0.4 is 10.7 Å². The van der Waals surface area contributed by atoms with E-state index in [2.05, 4.69) is 15.8 Å². The zero-order chi connectivity index (χ0) is 21.4. The number of anilines is 1. The lowest BCUT2D eigenvalue weighted by molar-refractivity contribution is 0.0730. The maximum atomic E-state index is 12.6. The molecule has 158 valence electrons. The minimum Gasteiger partial charge on any atom is -0.379 e. The van der Waals surface area contributed by atoms with Crippen LogP contribution in [0.3, 0.4) is 0 Å². The van der Waals surface area contributed by atoms with E-state index in [-0.39, 0.29) is 4.90 Å². The van der Waals surface area contributed by atoms with Crippen molar-refractivity contribution in [1.82, 2.24) is 9.73 Å². The van der Waals surface area contributed by atoms with Gasteiger partial charge in [-0.05, 0) is 54.5 Å². The standard InChI is InChI=1S/C21H24N4O3S2/c1-17(15-18-5-3-2-4-6-18)16-22-24-21(29)23-19-7-9-20(10-8-19)30(26,27)25-11-13-28-14-12-25/h2-10,15-16H,11-14H2,1H3,(H2,23,24,29)/b17-15-,22-16+. The van der Waals surface area contributed by atoms with E-state index in [1.807, 2.05) is 43.3 Å². The molecule has 0 aliphatic carbocycles. The lowest BCUT2D eigenvalue weighted by Crippen LogP contribution is -2.40. The SMILES string of the molecule is CC(=C/c1ccccc1)/C=N/NC(=S)Nc1ccc(S(=O)(=O)N2CCOCC2)cc1. The fourth-order valence-corrected chi connectivity index (χ4v) is 4.43. The maximum Gasteiger partial charge on any atom is 0.243 e. The molecule has 0 radical (unpaired) electrons. The number of sulfonamides is 1. The van der Waals surface area contributed by atoms with Crippen molar-refractivity contribution in [2.75, 3.05) is 31.6 Å². The van der Waals surface area contributed by atoms with Crippen molar-refractivity contribution in [2.45, 2.75) is 11.8 Å². The highest BCUT2D eigenvalue weighted by Crippen LogP contribution is 2.19. The Balaban J connectivity index is 1.53. The Morgan fingerprint density at radius 1 is 1.10 bits per heavy atom. The van der Waals surface area contributed by atoms with Crippen molar-refractivity contribution in [3.05, 3.63) is 65.7 Å². The van der Waals surface area contributed by atoms with Crippen LogP contribution in [-0.4, -0.2) is 50.4 Å². The molecule has 0 bridgehead atoms. The molecule has 2 N–H and O–H groups in total. The van der Waals surface area contributed by atoms with Crippen LogP contribution >= 0.6 is 12.2 Å². The molecule has 0 saturated carbocycles. The van der Waals surface area contributed by atoms with Crippen LogP contribution in [0, 0.1) is 0 Å². The first-order valence-electron chi connectivity index (χ1n) is 9.46. The monoisotopic (exact) mass is 444 g/mol. The fourth-order valence-electron chi connectivity index (χ4n) is 2.85. The van der Waals surface area contributed by atoms with Crippen molar-refractivity contribution < 1.29 is 13.2 Å². The summed E-state index contributed by atoms with van der Waals surface area (Å²) >= 11 is 5.23. The number of nitrogens with one attached hydrogen (secondary N) is 2. The lowest BCUT2D eigenvalue weighted by Gasteiger charge is -2.26. The molecule has 0 amide bonds. The highest BCUT2D eigenvalue weighted by Gasteiger charge is 2.26. The summed E-state index contributed by atoms with van der Waals surface area (Å²) in [5.41, 5.74) is 5.48. The molecule has 0 aromatic heterocycles. The summed E-state index contributed by atoms with van der Waals surface area (Å²) in [6.07, 6.45) is 3.69. The normalized spacial score (nSPS) is 15.8. The van der Waals surface area contributed by atoms with Gasteiger partial charge in [-0.3, -0.25) is 5.43 Å². The van der Waals surface area contributed by atoms with Crippen LogP contribution in [0.25, 0.3) is 6.08 Å². The van der Waals surface area contributed by atoms with Crippen LogP contribution in [0.15, 0.2) is 70.2 Å². The van der Waals surface area contributed by atoms with Gasteiger partial charge in [0.05, 0.1) is 24.3 Å². The van der Waals surface area contributed by atoms with Crippen LogP contribution in [0.1, 0.15) is 12.5 Å². The molecule has 2 aromatic rings. The number of thiocarbonyl (C=S) groups is 1. The van der Waals surface area contributed by atoms with E-state index in [9.17, 15) is 8.42 Å². The third-order valence-corrected chi connectivity index (χ3v) is 6.45. The molecule has 30 heavy (non-hydrogen) atoms. The Kier molecular flexibility index (Phi) is 7.69. The predicted molar refractivity (Wildman–Crippen MR) is 124 cm³/mol. The summed E-state index contributed by atoms with van der Waals surface area (Å²) in [6.45, 7) is 3.51. The Labute approximate surface area is 182 Å². The Bertz CT molecular complexity index is 1010. The number of allylic oxidation sites excluding steroid dienone is 1. The van der Waals surface area contributed by atoms with Crippen molar-refractivity contribution in [2.24, 2.45) is 5.10 Å². The number of hydrazone groups is 1. The minimum absolute atomic E-state index is 0.244. The number of hydrogen-bond acceptors (Lipinski definition) is 5. The summed E-state index contributed by atoms with van der Waals surface area (Å²) in [5, 5.41) is 7.41. The van der Waals surface area contributed by atoms with E-state index >= 15 is 0 Å². The molecule has 0 unspecified atom stereocenters. The molecule has 3 rings (SSSR count). The van der Waals surface area contributed by atoms with E-state index in [0.29, 0.717) is 37.1 Å². The molecule has 1 aliphatic heterocycles. The first-order valence-corrected chi connectivity index (χ1v) is 11.3. The molecule has 0 atom stereocenters. The molecule has 0 spiro atoms. The molecule has 7 nitrogen and oxygen atoms in total. The maximum absolute atomic E-state index is 12.6. The van der Waals surface area contributed by atoms with Crippen molar-refractivity contribution in [1.29, 1.82) is 0 Å². The average molecular weight is 445 g/mol. The second-order valence-electron chi connectivity index (χ2n) is 6.66. The van der Waals surface area contributed by atoms with Crippen LogP contribution in [0.2, 0.25) is 0 Å². The second kappa shape index (κ2) is 10.4. The van der Waals surface area contributed by atoms with Crippen molar-refractivity contribution in [3.63, 3.8) is 0 Å². The van der Waals surface area contributed by atoms with E-state index in [1.165, 1.54) is 4.31 Å². The molecule has 1 heterocycles. The van der Waals surface area contributed by atoms with Gasteiger partial charge in [0.15, 0.2) is 5.11 Å². The molecule has 9 heteroatoms. The Morgan fingerprint density at radius 3 is 2.43 bits per heavy atom. The number of nitrogens with zero attached hydrogens (tertiary/aromatic N) is 2. The zero-order valence-electron chi connectivity index (χ0n) is 16.6. The molecular formula is C21H24N4O3S2. The second-order valence-corrected chi connectivity index (χ2v) is 9.01. The van der Waals surface area contributed by atoms with Gasteiger partial charge >= 0.3 is 0 Å². The molecule has 1 aliphatic rings. The summed E-state index contributed by atoms with van der Waals surface area (Å²) < 4.78 is 31.9. The van der Waals surface area contributed by atoms with Gasteiger partial charge in [0.2, 0.25) is 10.0 Å². The first-order chi connectivity index (χ1) is 14.4. The fraction of sp³-hybridized carbons (Fsp3) is 0.238. The summed E-state index contributed by atoms with van der Waals surface area (Å²) in [7, 11) is -3.51. The number of benzene rings is 2. The Morgan fingerprint density at radius 2 is 1.77 bits per heavy atom. The number of morpholine rings is 1. The zero-order valence-corrected chi connectivity index (χ0v) is 18.2. The van der Waals surface area contributed by atoms with E-state index in [0.717, 1.165) is 11.1 Å². The average Bonchev–Trinajstić information content (AvgIpc) is 2.75. The minimum atomic E-state index is -3.51. The van der Waals surface area contributed by atoms with Crippen LogP contribution in [0.4, 0.5) is 5.69 Å². The number of hydrogen-bond donors (Lipinski definition) is 2. The first kappa shape index (κ1) is 22.1. The summed E-state index contributed by atoms with van der Waals surface area (Å²) in [6, 6.07) is 16.4. The van der Waals surface area contributed by atoms with Gasteiger partial charge < -0.3 is 10.1 Å². The largest absolute Gasteiger partial charge is 0.379 e. The molecule has 1 fully saturated rings. The smallest absolute Gasteiger partial charge is 0.243 e. The predicted octanol–water partition coefficient (Wildman–Crippen LogP) is 3.08. The topological polar surface area (TPSA) is 83.0 Å². The quantitative estimate of drug-likeness (QED) is 0.405.